The molecule has 1 aromatic rings. The van der Waals surface area contributed by atoms with Crippen molar-refractivity contribution in [2.45, 2.75) is 51.2 Å². The van der Waals surface area contributed by atoms with Crippen molar-refractivity contribution in [2.75, 3.05) is 52.4 Å². The number of piperidine rings is 1. The zero-order chi connectivity index (χ0) is 20.3. The van der Waals surface area contributed by atoms with Crippen LogP contribution in [0.25, 0.3) is 0 Å². The normalized spacial score (nSPS) is 26.2. The molecule has 1 unspecified atom stereocenters. The van der Waals surface area contributed by atoms with Crippen LogP contribution in [-0.4, -0.2) is 89.7 Å². The highest BCUT2D eigenvalue weighted by molar-refractivity contribution is 5.93. The molecule has 1 atom stereocenters. The number of piperazine rings is 1. The van der Waals surface area contributed by atoms with Crippen molar-refractivity contribution in [3.8, 4) is 0 Å². The monoisotopic (exact) mass is 400 g/mol. The Morgan fingerprint density at radius 3 is 2.62 bits per heavy atom. The summed E-state index contributed by atoms with van der Waals surface area (Å²) >= 11 is 0. The van der Waals surface area contributed by atoms with Gasteiger partial charge in [0.15, 0.2) is 0 Å². The maximum absolute atomic E-state index is 12.7. The third-order valence-electron chi connectivity index (χ3n) is 6.88. The summed E-state index contributed by atoms with van der Waals surface area (Å²) in [5, 5.41) is 0. The molecular weight excluding hydrogens is 364 g/mol. The van der Waals surface area contributed by atoms with E-state index in [0.29, 0.717) is 11.6 Å². The summed E-state index contributed by atoms with van der Waals surface area (Å²) < 4.78 is 6.35. The summed E-state index contributed by atoms with van der Waals surface area (Å²) in [6.45, 7) is 13.0. The third kappa shape index (κ3) is 4.98. The minimum absolute atomic E-state index is 0.0380. The SMILES string of the molecule is CC(C)CN1CCN(C2CCOC3(CCN(C(=O)c4cccnc4)CC3)C2)CC1. The highest BCUT2D eigenvalue weighted by atomic mass is 16.5. The van der Waals surface area contributed by atoms with Crippen LogP contribution in [0, 0.1) is 5.92 Å². The summed E-state index contributed by atoms with van der Waals surface area (Å²) in [5.74, 6) is 0.842. The van der Waals surface area contributed by atoms with E-state index in [1.807, 2.05) is 17.0 Å². The average Bonchev–Trinajstić information content (AvgIpc) is 2.75. The van der Waals surface area contributed by atoms with Crippen molar-refractivity contribution in [2.24, 2.45) is 5.92 Å². The summed E-state index contributed by atoms with van der Waals surface area (Å²) in [5.41, 5.74) is 0.647. The van der Waals surface area contributed by atoms with E-state index in [1.165, 1.54) is 32.7 Å². The summed E-state index contributed by atoms with van der Waals surface area (Å²) in [6.07, 6.45) is 7.53. The lowest BCUT2D eigenvalue weighted by Crippen LogP contribution is -2.57. The number of carbonyl (C=O) groups excluding carboxylic acids is 1. The van der Waals surface area contributed by atoms with Gasteiger partial charge in [0.25, 0.3) is 5.91 Å². The zero-order valence-electron chi connectivity index (χ0n) is 18.1. The lowest BCUT2D eigenvalue weighted by atomic mass is 9.81. The molecule has 1 amide bonds. The van der Waals surface area contributed by atoms with Gasteiger partial charge in [-0.05, 0) is 43.7 Å². The van der Waals surface area contributed by atoms with Gasteiger partial charge < -0.3 is 14.5 Å². The molecule has 3 saturated heterocycles. The molecule has 0 radical (unpaired) electrons. The van der Waals surface area contributed by atoms with E-state index in [9.17, 15) is 4.79 Å². The van der Waals surface area contributed by atoms with E-state index in [0.717, 1.165) is 51.3 Å². The maximum Gasteiger partial charge on any atom is 0.255 e. The molecule has 0 N–H and O–H groups in total. The Hall–Kier alpha value is -1.50. The number of nitrogens with zero attached hydrogens (tertiary/aromatic N) is 4. The number of pyridine rings is 1. The number of ether oxygens (including phenoxy) is 1. The van der Waals surface area contributed by atoms with Crippen molar-refractivity contribution in [3.63, 3.8) is 0 Å². The second-order valence-corrected chi connectivity index (χ2v) is 9.44. The summed E-state index contributed by atoms with van der Waals surface area (Å²) in [4.78, 5) is 24.1. The molecule has 0 bridgehead atoms. The highest BCUT2D eigenvalue weighted by Crippen LogP contribution is 2.37. The van der Waals surface area contributed by atoms with Crippen LogP contribution in [0.2, 0.25) is 0 Å². The predicted molar refractivity (Wildman–Crippen MR) is 114 cm³/mol. The number of hydrogen-bond donors (Lipinski definition) is 0. The minimum Gasteiger partial charge on any atom is -0.375 e. The predicted octanol–water partition coefficient (Wildman–Crippen LogP) is 2.51. The van der Waals surface area contributed by atoms with Crippen LogP contribution in [0.15, 0.2) is 24.5 Å². The molecule has 3 fully saturated rings. The number of aromatic nitrogens is 1. The van der Waals surface area contributed by atoms with Crippen molar-refractivity contribution in [3.05, 3.63) is 30.1 Å². The summed E-state index contributed by atoms with van der Waals surface area (Å²) in [7, 11) is 0. The average molecular weight is 401 g/mol. The van der Waals surface area contributed by atoms with Gasteiger partial charge in [-0.15, -0.1) is 0 Å². The molecule has 3 aliphatic rings. The Kier molecular flexibility index (Phi) is 6.52. The Balaban J connectivity index is 1.29. The van der Waals surface area contributed by atoms with E-state index >= 15 is 0 Å². The van der Waals surface area contributed by atoms with Crippen LogP contribution in [0.4, 0.5) is 0 Å². The number of amides is 1. The smallest absolute Gasteiger partial charge is 0.255 e. The molecule has 29 heavy (non-hydrogen) atoms. The van der Waals surface area contributed by atoms with Gasteiger partial charge in [-0.1, -0.05) is 13.8 Å². The zero-order valence-corrected chi connectivity index (χ0v) is 18.1. The molecular formula is C23H36N4O2. The van der Waals surface area contributed by atoms with Crippen molar-refractivity contribution < 1.29 is 9.53 Å². The molecule has 0 aromatic carbocycles. The van der Waals surface area contributed by atoms with Gasteiger partial charge in [0.1, 0.15) is 0 Å². The van der Waals surface area contributed by atoms with Gasteiger partial charge in [0.2, 0.25) is 0 Å². The van der Waals surface area contributed by atoms with Gasteiger partial charge >= 0.3 is 0 Å². The summed E-state index contributed by atoms with van der Waals surface area (Å²) in [6, 6.07) is 4.31. The minimum atomic E-state index is -0.0380. The molecule has 160 valence electrons. The molecule has 0 aliphatic carbocycles. The maximum atomic E-state index is 12.7. The molecule has 1 spiro atoms. The number of carbonyl (C=O) groups is 1. The van der Waals surface area contributed by atoms with Crippen LogP contribution in [-0.2, 0) is 4.74 Å². The fraction of sp³-hybridized carbons (Fsp3) is 0.739. The Bertz CT molecular complexity index is 665. The molecule has 6 heteroatoms. The second kappa shape index (κ2) is 9.11. The van der Waals surface area contributed by atoms with E-state index in [1.54, 1.807) is 12.4 Å². The van der Waals surface area contributed by atoms with Gasteiger partial charge in [0, 0.05) is 70.9 Å². The lowest BCUT2D eigenvalue weighted by Gasteiger charge is -2.49. The van der Waals surface area contributed by atoms with Crippen molar-refractivity contribution in [1.29, 1.82) is 0 Å². The Labute approximate surface area is 175 Å². The second-order valence-electron chi connectivity index (χ2n) is 9.44. The van der Waals surface area contributed by atoms with Crippen LogP contribution < -0.4 is 0 Å². The Morgan fingerprint density at radius 1 is 1.21 bits per heavy atom. The topological polar surface area (TPSA) is 48.9 Å². The van der Waals surface area contributed by atoms with Gasteiger partial charge in [-0.3, -0.25) is 14.7 Å². The molecule has 0 saturated carbocycles. The van der Waals surface area contributed by atoms with Crippen LogP contribution in [0.1, 0.15) is 49.9 Å². The van der Waals surface area contributed by atoms with E-state index < -0.39 is 0 Å². The van der Waals surface area contributed by atoms with Crippen LogP contribution >= 0.6 is 0 Å². The highest BCUT2D eigenvalue weighted by Gasteiger charge is 2.43. The molecule has 1 aromatic heterocycles. The van der Waals surface area contributed by atoms with Crippen molar-refractivity contribution >= 4 is 5.91 Å². The lowest BCUT2D eigenvalue weighted by molar-refractivity contribution is -0.132. The largest absolute Gasteiger partial charge is 0.375 e. The molecule has 6 nitrogen and oxygen atoms in total. The number of rotatable bonds is 4. The standard InChI is InChI=1S/C23H36N4O2/c1-19(2)18-25-11-13-26(14-12-25)21-5-15-29-23(16-21)6-9-27(10-7-23)22(28)20-4-3-8-24-17-20/h3-4,8,17,19,21H,5-7,9-16,18H2,1-2H3. The first-order valence-corrected chi connectivity index (χ1v) is 11.3. The molecule has 3 aliphatic heterocycles. The Morgan fingerprint density at radius 2 is 1.97 bits per heavy atom. The van der Waals surface area contributed by atoms with E-state index in [2.05, 4.69) is 28.6 Å². The van der Waals surface area contributed by atoms with E-state index in [4.69, 9.17) is 4.74 Å². The fourth-order valence-corrected chi connectivity index (χ4v) is 5.28. The number of hydrogen-bond acceptors (Lipinski definition) is 5. The van der Waals surface area contributed by atoms with Crippen LogP contribution in [0.5, 0.6) is 0 Å². The van der Waals surface area contributed by atoms with Crippen molar-refractivity contribution in [1.82, 2.24) is 19.7 Å². The number of likely N-dealkylation sites (tertiary alicyclic amines) is 1. The fourth-order valence-electron chi connectivity index (χ4n) is 5.28. The van der Waals surface area contributed by atoms with Gasteiger partial charge in [-0.25, -0.2) is 0 Å². The first-order chi connectivity index (χ1) is 14.0. The first-order valence-electron chi connectivity index (χ1n) is 11.3. The quantitative estimate of drug-likeness (QED) is 0.777. The molecule has 4 rings (SSSR count). The van der Waals surface area contributed by atoms with E-state index in [-0.39, 0.29) is 11.5 Å². The third-order valence-corrected chi connectivity index (χ3v) is 6.88. The first kappa shape index (κ1) is 20.8. The van der Waals surface area contributed by atoms with Crippen LogP contribution in [0.3, 0.4) is 0 Å². The van der Waals surface area contributed by atoms with Gasteiger partial charge in [0.05, 0.1) is 11.2 Å². The molecule has 4 heterocycles. The van der Waals surface area contributed by atoms with Gasteiger partial charge in [-0.2, -0.15) is 0 Å².